The Morgan fingerprint density at radius 1 is 0.684 bits per heavy atom. The molecule has 0 fully saturated rings. The van der Waals surface area contributed by atoms with Crippen molar-refractivity contribution >= 4 is 11.6 Å². The lowest BCUT2D eigenvalue weighted by Crippen LogP contribution is -2.38. The van der Waals surface area contributed by atoms with Crippen LogP contribution in [-0.4, -0.2) is 11.3 Å². The normalized spacial score (nSPS) is 12.9. The topological polar surface area (TPSA) is 0 Å². The monoisotopic (exact) mass is 316 g/mol. The lowest BCUT2D eigenvalue weighted by molar-refractivity contribution is -0.156. The molecule has 108 valence electrons. The van der Waals surface area contributed by atoms with Gasteiger partial charge >= 0.3 is 11.3 Å². The van der Waals surface area contributed by atoms with E-state index in [9.17, 15) is 39.5 Å². The number of hydrogen-bond donors (Lipinski definition) is 0. The summed E-state index contributed by atoms with van der Waals surface area (Å²) in [5, 5.41) is -5.22. The molecule has 0 amide bonds. The fraction of sp³-hybridized carbons (Fsp3) is 0.333. The maximum absolute atomic E-state index is 13.0. The average molecular weight is 317 g/mol. The third-order valence-corrected chi connectivity index (χ3v) is 2.39. The number of alkyl halides is 5. The molecule has 0 unspecified atom stereocenters. The fourth-order valence-electron chi connectivity index (χ4n) is 1.13. The Balaban J connectivity index is 3.39. The lowest BCUT2D eigenvalue weighted by atomic mass is 10.0. The van der Waals surface area contributed by atoms with Gasteiger partial charge in [0.1, 0.15) is 0 Å². The highest BCUT2D eigenvalue weighted by Crippen LogP contribution is 2.41. The van der Waals surface area contributed by atoms with E-state index in [0.29, 0.717) is 0 Å². The Morgan fingerprint density at radius 2 is 1.00 bits per heavy atom. The minimum absolute atomic E-state index is 2.07. The van der Waals surface area contributed by atoms with Crippen molar-refractivity contribution in [2.24, 2.45) is 0 Å². The number of benzene rings is 1. The van der Waals surface area contributed by atoms with Crippen LogP contribution in [0.1, 0.15) is 5.56 Å². The summed E-state index contributed by atoms with van der Waals surface area (Å²) in [6, 6.07) is 0. The SMILES string of the molecule is Fc1c(F)c(F)c(CC(F)(F)C(F)(F)Cl)c(F)c1F. The molecule has 1 aromatic rings. The van der Waals surface area contributed by atoms with Gasteiger partial charge in [-0.15, -0.1) is 0 Å². The molecule has 0 aliphatic carbocycles. The molecule has 19 heavy (non-hydrogen) atoms. The second kappa shape index (κ2) is 4.77. The number of halogens is 10. The van der Waals surface area contributed by atoms with Crippen molar-refractivity contribution in [1.29, 1.82) is 0 Å². The van der Waals surface area contributed by atoms with Crippen LogP contribution in [0.4, 0.5) is 39.5 Å². The standard InChI is InChI=1S/C9H2ClF9/c10-9(18,19)8(16,17)1-2-3(11)5(13)7(15)6(14)4(2)12/h1H2. The van der Waals surface area contributed by atoms with Crippen molar-refractivity contribution < 1.29 is 39.5 Å². The van der Waals surface area contributed by atoms with E-state index in [1.54, 1.807) is 0 Å². The molecule has 0 aliphatic heterocycles. The van der Waals surface area contributed by atoms with E-state index >= 15 is 0 Å². The van der Waals surface area contributed by atoms with Crippen molar-refractivity contribution in [3.8, 4) is 0 Å². The summed E-state index contributed by atoms with van der Waals surface area (Å²) in [5.74, 6) is -18.0. The van der Waals surface area contributed by atoms with E-state index in [2.05, 4.69) is 11.6 Å². The third kappa shape index (κ3) is 2.75. The summed E-state index contributed by atoms with van der Waals surface area (Å²) >= 11 is 4.00. The largest absolute Gasteiger partial charge is 0.384 e. The molecule has 1 aromatic carbocycles. The molecular formula is C9H2ClF9. The van der Waals surface area contributed by atoms with Crippen LogP contribution in [0.3, 0.4) is 0 Å². The maximum atomic E-state index is 13.0. The molecule has 0 spiro atoms. The molecular weight excluding hydrogens is 315 g/mol. The summed E-state index contributed by atoms with van der Waals surface area (Å²) in [5.41, 5.74) is -2.07. The van der Waals surface area contributed by atoms with Gasteiger partial charge in [-0.25, -0.2) is 22.0 Å². The van der Waals surface area contributed by atoms with Crippen LogP contribution in [0.2, 0.25) is 0 Å². The van der Waals surface area contributed by atoms with Crippen molar-refractivity contribution in [3.63, 3.8) is 0 Å². The van der Waals surface area contributed by atoms with Gasteiger partial charge in [-0.1, -0.05) is 0 Å². The van der Waals surface area contributed by atoms with Crippen molar-refractivity contribution in [2.75, 3.05) is 0 Å². The van der Waals surface area contributed by atoms with Crippen molar-refractivity contribution in [3.05, 3.63) is 34.6 Å². The van der Waals surface area contributed by atoms with Crippen LogP contribution < -0.4 is 0 Å². The molecule has 0 radical (unpaired) electrons. The Morgan fingerprint density at radius 3 is 1.32 bits per heavy atom. The molecule has 0 nitrogen and oxygen atoms in total. The van der Waals surface area contributed by atoms with Crippen LogP contribution >= 0.6 is 11.6 Å². The zero-order valence-electron chi connectivity index (χ0n) is 8.49. The first-order valence-electron chi connectivity index (χ1n) is 4.35. The van der Waals surface area contributed by atoms with Crippen LogP contribution in [0.25, 0.3) is 0 Å². The van der Waals surface area contributed by atoms with Crippen LogP contribution in [0.5, 0.6) is 0 Å². The van der Waals surface area contributed by atoms with Crippen LogP contribution in [-0.2, 0) is 6.42 Å². The minimum Gasteiger partial charge on any atom is -0.203 e. The molecule has 1 rings (SSSR count). The second-order valence-corrected chi connectivity index (χ2v) is 3.90. The first kappa shape index (κ1) is 15.9. The van der Waals surface area contributed by atoms with Gasteiger partial charge < -0.3 is 0 Å². The van der Waals surface area contributed by atoms with Gasteiger partial charge in [-0.2, -0.15) is 17.6 Å². The lowest BCUT2D eigenvalue weighted by Gasteiger charge is -2.21. The smallest absolute Gasteiger partial charge is 0.203 e. The Hall–Kier alpha value is -1.12. The van der Waals surface area contributed by atoms with E-state index in [4.69, 9.17) is 0 Å². The third-order valence-electron chi connectivity index (χ3n) is 2.11. The van der Waals surface area contributed by atoms with Crippen molar-refractivity contribution in [1.82, 2.24) is 0 Å². The van der Waals surface area contributed by atoms with Crippen molar-refractivity contribution in [2.45, 2.75) is 17.7 Å². The van der Waals surface area contributed by atoms with E-state index < -0.39 is 52.4 Å². The zero-order valence-corrected chi connectivity index (χ0v) is 9.24. The first-order valence-corrected chi connectivity index (χ1v) is 4.72. The summed E-state index contributed by atoms with van der Waals surface area (Å²) in [4.78, 5) is 0. The molecule has 0 N–H and O–H groups in total. The van der Waals surface area contributed by atoms with Gasteiger partial charge in [0.2, 0.25) is 5.82 Å². The maximum Gasteiger partial charge on any atom is 0.384 e. The fourth-order valence-corrected chi connectivity index (χ4v) is 1.19. The van der Waals surface area contributed by atoms with Gasteiger partial charge in [-0.3, -0.25) is 0 Å². The summed E-state index contributed by atoms with van der Waals surface area (Å²) < 4.78 is 114. The number of rotatable bonds is 3. The van der Waals surface area contributed by atoms with E-state index in [1.165, 1.54) is 0 Å². The van der Waals surface area contributed by atoms with Gasteiger partial charge in [0.25, 0.3) is 0 Å². The van der Waals surface area contributed by atoms with Crippen LogP contribution in [0, 0.1) is 29.1 Å². The van der Waals surface area contributed by atoms with Gasteiger partial charge in [0, 0.05) is 5.56 Å². The summed E-state index contributed by atoms with van der Waals surface area (Å²) in [6.45, 7) is 0. The highest BCUT2D eigenvalue weighted by atomic mass is 35.5. The molecule has 0 atom stereocenters. The Kier molecular flexibility index (Phi) is 4.00. The molecule has 0 saturated heterocycles. The minimum atomic E-state index is -5.22. The van der Waals surface area contributed by atoms with E-state index in [-0.39, 0.29) is 0 Å². The van der Waals surface area contributed by atoms with Gasteiger partial charge in [-0.05, 0) is 11.6 Å². The molecule has 0 heterocycles. The second-order valence-electron chi connectivity index (χ2n) is 3.43. The zero-order chi connectivity index (χ0) is 15.2. The highest BCUT2D eigenvalue weighted by molar-refractivity contribution is 6.22. The quantitative estimate of drug-likeness (QED) is 0.336. The van der Waals surface area contributed by atoms with Crippen LogP contribution in [0.15, 0.2) is 0 Å². The molecule has 0 saturated carbocycles. The van der Waals surface area contributed by atoms with E-state index in [1.807, 2.05) is 0 Å². The summed E-state index contributed by atoms with van der Waals surface area (Å²) in [6.07, 6.45) is -2.45. The molecule has 0 aliphatic rings. The predicted molar refractivity (Wildman–Crippen MR) is 45.7 cm³/mol. The van der Waals surface area contributed by atoms with E-state index in [0.717, 1.165) is 0 Å². The average Bonchev–Trinajstić information content (AvgIpc) is 2.28. The molecule has 0 aromatic heterocycles. The molecule has 10 heteroatoms. The Bertz CT molecular complexity index is 476. The summed E-state index contributed by atoms with van der Waals surface area (Å²) in [7, 11) is 0. The first-order chi connectivity index (χ1) is 8.40. The Labute approximate surface area is 104 Å². The highest BCUT2D eigenvalue weighted by Gasteiger charge is 2.55. The van der Waals surface area contributed by atoms with Gasteiger partial charge in [0.05, 0.1) is 6.42 Å². The molecule has 0 bridgehead atoms. The predicted octanol–water partition coefficient (Wildman–Crippen LogP) is 4.39. The van der Waals surface area contributed by atoms with Gasteiger partial charge in [0.15, 0.2) is 23.3 Å². The number of hydrogen-bond acceptors (Lipinski definition) is 0.